The summed E-state index contributed by atoms with van der Waals surface area (Å²) in [5.41, 5.74) is 4.06. The number of rotatable bonds is 5. The van der Waals surface area contributed by atoms with Crippen LogP contribution in [0.5, 0.6) is 0 Å². The van der Waals surface area contributed by atoms with Crippen LogP contribution in [-0.4, -0.2) is 60.8 Å². The molecule has 0 spiro atoms. The van der Waals surface area contributed by atoms with Crippen LogP contribution in [0, 0.1) is 15.9 Å². The van der Waals surface area contributed by atoms with Gasteiger partial charge in [0.1, 0.15) is 5.82 Å². The normalized spacial score (nSPS) is 17.4. The Kier molecular flexibility index (Phi) is 6.60. The van der Waals surface area contributed by atoms with Gasteiger partial charge in [-0.05, 0) is 48.6 Å². The zero-order valence-corrected chi connectivity index (χ0v) is 23.0. The molecule has 0 radical (unpaired) electrons. The second-order valence-electron chi connectivity index (χ2n) is 11.2. The van der Waals surface area contributed by atoms with Crippen LogP contribution in [0.2, 0.25) is 0 Å². The van der Waals surface area contributed by atoms with Crippen LogP contribution >= 0.6 is 0 Å². The van der Waals surface area contributed by atoms with Gasteiger partial charge >= 0.3 is 0 Å². The number of carbonyl (C=O) groups excluding carboxylic acids is 2. The lowest BCUT2D eigenvalue weighted by atomic mass is 9.90. The molecule has 4 heterocycles. The molecule has 0 saturated carbocycles. The van der Waals surface area contributed by atoms with Gasteiger partial charge in [-0.25, -0.2) is 9.37 Å². The molecule has 0 unspecified atom stereocenters. The molecule has 5 aromatic rings. The van der Waals surface area contributed by atoms with E-state index in [4.69, 9.17) is 4.52 Å². The van der Waals surface area contributed by atoms with Crippen LogP contribution < -0.4 is 0 Å². The van der Waals surface area contributed by atoms with Gasteiger partial charge in [0.15, 0.2) is 11.4 Å². The Bertz CT molecular complexity index is 1890. The van der Waals surface area contributed by atoms with E-state index < -0.39 is 4.92 Å². The van der Waals surface area contributed by atoms with Gasteiger partial charge < -0.3 is 19.3 Å². The number of amides is 2. The summed E-state index contributed by atoms with van der Waals surface area (Å²) in [6, 6.07) is 16.1. The second kappa shape index (κ2) is 10.6. The van der Waals surface area contributed by atoms with E-state index in [1.807, 2.05) is 29.2 Å². The average Bonchev–Trinajstić information content (AvgIpc) is 3.64. The Balaban J connectivity index is 1.08. The Morgan fingerprint density at radius 3 is 2.65 bits per heavy atom. The van der Waals surface area contributed by atoms with E-state index in [1.165, 1.54) is 30.3 Å². The van der Waals surface area contributed by atoms with E-state index in [-0.39, 0.29) is 47.5 Å². The number of hydrogen-bond donors (Lipinski definition) is 1. The van der Waals surface area contributed by atoms with E-state index in [2.05, 4.69) is 15.1 Å². The van der Waals surface area contributed by atoms with Crippen molar-refractivity contribution in [1.29, 1.82) is 0 Å². The van der Waals surface area contributed by atoms with E-state index >= 15 is 0 Å². The standard InChI is InChI=1S/C31H27FN6O5/c32-21-5-7-24-27(14-21)43-35-29(24)18-9-11-36(12-10-18)28(39)16-23-13-19-3-1-2-4-20(19)17-37(23)31(40)30-33-25-8-6-22(38(41)42)15-26(25)34-30/h1-8,14-15,18,23H,9-13,16-17H2,(H,33,34)/t23-/m1/s1. The minimum absolute atomic E-state index is 0.0343. The minimum Gasteiger partial charge on any atom is -0.356 e. The predicted octanol–water partition coefficient (Wildman–Crippen LogP) is 5.11. The summed E-state index contributed by atoms with van der Waals surface area (Å²) in [7, 11) is 0. The number of nitrogens with zero attached hydrogens (tertiary/aromatic N) is 5. The second-order valence-corrected chi connectivity index (χ2v) is 11.2. The van der Waals surface area contributed by atoms with Crippen molar-refractivity contribution in [2.45, 2.75) is 44.2 Å². The van der Waals surface area contributed by atoms with Gasteiger partial charge in [-0.15, -0.1) is 0 Å². The van der Waals surface area contributed by atoms with Crippen LogP contribution in [0.1, 0.15) is 52.6 Å². The van der Waals surface area contributed by atoms with E-state index in [1.54, 1.807) is 11.0 Å². The first-order chi connectivity index (χ1) is 20.8. The number of aromatic amines is 1. The van der Waals surface area contributed by atoms with Crippen molar-refractivity contribution in [3.05, 3.63) is 99.2 Å². The third-order valence-corrected chi connectivity index (χ3v) is 8.60. The van der Waals surface area contributed by atoms with Crippen molar-refractivity contribution >= 4 is 39.5 Å². The number of nitro benzene ring substituents is 1. The van der Waals surface area contributed by atoms with Crippen molar-refractivity contribution < 1.29 is 23.4 Å². The molecule has 7 rings (SSSR count). The van der Waals surface area contributed by atoms with Gasteiger partial charge in [-0.1, -0.05) is 29.4 Å². The number of benzene rings is 3. The summed E-state index contributed by atoms with van der Waals surface area (Å²) >= 11 is 0. The molecule has 2 aliphatic heterocycles. The number of aromatic nitrogens is 3. The summed E-state index contributed by atoms with van der Waals surface area (Å²) < 4.78 is 18.9. The highest BCUT2D eigenvalue weighted by Crippen LogP contribution is 2.34. The van der Waals surface area contributed by atoms with Crippen LogP contribution in [0.3, 0.4) is 0 Å². The first-order valence-electron chi connectivity index (χ1n) is 14.2. The van der Waals surface area contributed by atoms with Crippen LogP contribution in [0.4, 0.5) is 10.1 Å². The molecule has 1 atom stereocenters. The number of nitro groups is 1. The Morgan fingerprint density at radius 1 is 1.07 bits per heavy atom. The fourth-order valence-electron chi connectivity index (χ4n) is 6.31. The van der Waals surface area contributed by atoms with Crippen LogP contribution in [0.15, 0.2) is 65.2 Å². The zero-order valence-electron chi connectivity index (χ0n) is 23.0. The van der Waals surface area contributed by atoms with E-state index in [9.17, 15) is 24.1 Å². The van der Waals surface area contributed by atoms with Gasteiger partial charge in [0, 0.05) is 61.6 Å². The molecule has 1 fully saturated rings. The van der Waals surface area contributed by atoms with Crippen LogP contribution in [0.25, 0.3) is 22.0 Å². The SMILES string of the molecule is O=C(C[C@H]1Cc2ccccc2CN1C(=O)c1nc2ccc([N+](=O)[O-])cc2[nH]1)N1CCC(c2noc3cc(F)ccc23)CC1. The zero-order chi connectivity index (χ0) is 29.7. The Hall–Kier alpha value is -5.13. The van der Waals surface area contributed by atoms with E-state index in [0.29, 0.717) is 55.5 Å². The Labute approximate surface area is 244 Å². The number of carbonyl (C=O) groups is 2. The molecule has 0 bridgehead atoms. The number of piperidine rings is 1. The predicted molar refractivity (Wildman–Crippen MR) is 154 cm³/mol. The van der Waals surface area contributed by atoms with Crippen molar-refractivity contribution in [2.24, 2.45) is 0 Å². The maximum atomic E-state index is 13.8. The molecule has 2 amide bonds. The molecule has 1 saturated heterocycles. The monoisotopic (exact) mass is 582 g/mol. The lowest BCUT2D eigenvalue weighted by Gasteiger charge is -2.38. The molecule has 3 aromatic carbocycles. The smallest absolute Gasteiger partial charge is 0.290 e. The fraction of sp³-hybridized carbons (Fsp3) is 0.290. The number of hydrogen-bond acceptors (Lipinski definition) is 7. The molecule has 0 aliphatic carbocycles. The highest BCUT2D eigenvalue weighted by Gasteiger charge is 2.35. The van der Waals surface area contributed by atoms with Crippen molar-refractivity contribution in [3.63, 3.8) is 0 Å². The molecule has 12 heteroatoms. The molecule has 2 aromatic heterocycles. The molecular formula is C31H27FN6O5. The first kappa shape index (κ1) is 26.7. The van der Waals surface area contributed by atoms with Gasteiger partial charge in [-0.3, -0.25) is 19.7 Å². The molecule has 1 N–H and O–H groups in total. The fourth-order valence-corrected chi connectivity index (χ4v) is 6.31. The van der Waals surface area contributed by atoms with Gasteiger partial charge in [-0.2, -0.15) is 0 Å². The number of halogens is 1. The third-order valence-electron chi connectivity index (χ3n) is 8.60. The average molecular weight is 583 g/mol. The highest BCUT2D eigenvalue weighted by molar-refractivity contribution is 5.95. The molecular weight excluding hydrogens is 555 g/mol. The molecule has 11 nitrogen and oxygen atoms in total. The quantitative estimate of drug-likeness (QED) is 0.224. The summed E-state index contributed by atoms with van der Waals surface area (Å²) in [6.07, 6.45) is 2.08. The summed E-state index contributed by atoms with van der Waals surface area (Å²) in [5, 5.41) is 16.2. The van der Waals surface area contributed by atoms with Crippen molar-refractivity contribution in [3.8, 4) is 0 Å². The maximum Gasteiger partial charge on any atom is 0.290 e. The Morgan fingerprint density at radius 2 is 1.86 bits per heavy atom. The van der Waals surface area contributed by atoms with Gasteiger partial charge in [0.05, 0.1) is 21.7 Å². The van der Waals surface area contributed by atoms with E-state index in [0.717, 1.165) is 22.2 Å². The number of likely N-dealkylation sites (tertiary alicyclic amines) is 1. The number of non-ortho nitro benzene ring substituents is 1. The van der Waals surface area contributed by atoms with Gasteiger partial charge in [0.2, 0.25) is 5.91 Å². The highest BCUT2D eigenvalue weighted by atomic mass is 19.1. The summed E-state index contributed by atoms with van der Waals surface area (Å²) in [4.78, 5) is 49.0. The summed E-state index contributed by atoms with van der Waals surface area (Å²) in [5.74, 6) is -0.600. The first-order valence-corrected chi connectivity index (χ1v) is 14.2. The third kappa shape index (κ3) is 4.98. The maximum absolute atomic E-state index is 13.8. The lowest BCUT2D eigenvalue weighted by molar-refractivity contribution is -0.384. The lowest BCUT2D eigenvalue weighted by Crippen LogP contribution is -2.48. The minimum atomic E-state index is -0.497. The molecule has 43 heavy (non-hydrogen) atoms. The van der Waals surface area contributed by atoms with Crippen molar-refractivity contribution in [1.82, 2.24) is 24.9 Å². The van der Waals surface area contributed by atoms with Gasteiger partial charge in [0.25, 0.3) is 11.6 Å². The van der Waals surface area contributed by atoms with Crippen LogP contribution in [-0.2, 0) is 17.8 Å². The number of imidazole rings is 1. The molecule has 2 aliphatic rings. The largest absolute Gasteiger partial charge is 0.356 e. The molecule has 218 valence electrons. The summed E-state index contributed by atoms with van der Waals surface area (Å²) in [6.45, 7) is 1.41. The number of fused-ring (bicyclic) bond motifs is 3. The number of nitrogens with one attached hydrogen (secondary N) is 1. The topological polar surface area (TPSA) is 138 Å². The number of H-pyrrole nitrogens is 1. The van der Waals surface area contributed by atoms with Crippen molar-refractivity contribution in [2.75, 3.05) is 13.1 Å².